The molecule has 0 unspecified atom stereocenters. The van der Waals surface area contributed by atoms with Gasteiger partial charge in [0.2, 0.25) is 18.2 Å². The van der Waals surface area contributed by atoms with E-state index in [1.807, 2.05) is 30.6 Å². The van der Waals surface area contributed by atoms with E-state index in [1.54, 1.807) is 0 Å². The lowest BCUT2D eigenvalue weighted by molar-refractivity contribution is -0.128. The molecular weight excluding hydrogens is 282 g/mol. The van der Waals surface area contributed by atoms with Crippen molar-refractivity contribution >= 4 is 23.9 Å². The molecule has 3 N–H and O–H groups in total. The molecule has 1 aromatic rings. The van der Waals surface area contributed by atoms with Gasteiger partial charge in [-0.05, 0) is 30.9 Å². The highest BCUT2D eigenvalue weighted by Gasteiger charge is 2.05. The minimum absolute atomic E-state index is 0.160. The number of anilines is 1. The van der Waals surface area contributed by atoms with Gasteiger partial charge >= 0.3 is 0 Å². The zero-order chi connectivity index (χ0) is 16.2. The van der Waals surface area contributed by atoms with Crippen molar-refractivity contribution in [3.05, 3.63) is 29.8 Å². The number of amides is 3. The van der Waals surface area contributed by atoms with E-state index in [0.29, 0.717) is 12.8 Å². The molecule has 3 amide bonds. The minimum Gasteiger partial charge on any atom is -0.388 e. The minimum atomic E-state index is -0.507. The molecule has 0 saturated heterocycles. The van der Waals surface area contributed by atoms with Gasteiger partial charge in [-0.1, -0.05) is 24.6 Å². The summed E-state index contributed by atoms with van der Waals surface area (Å²) in [6.07, 6.45) is 4.41. The molecule has 0 spiro atoms. The van der Waals surface area contributed by atoms with E-state index in [-0.39, 0.29) is 12.5 Å². The molecule has 0 aliphatic rings. The normalized spacial score (nSPS) is 9.86. The molecule has 22 heavy (non-hydrogen) atoms. The summed E-state index contributed by atoms with van der Waals surface area (Å²) < 4.78 is 0. The number of hydrogen-bond acceptors (Lipinski definition) is 4. The number of nitrogens with one attached hydrogen (secondary N) is 3. The molecule has 1 aromatic carbocycles. The van der Waals surface area contributed by atoms with Crippen molar-refractivity contribution in [3.8, 4) is 0 Å². The van der Waals surface area contributed by atoms with Gasteiger partial charge in [-0.15, -0.1) is 0 Å². The highest BCUT2D eigenvalue weighted by atomic mass is 16.2. The van der Waals surface area contributed by atoms with E-state index in [1.165, 1.54) is 5.56 Å². The SMILES string of the molecule is CNc1ccccc1CCCCCC(=O)NCC(=O)NC=O. The third-order valence-corrected chi connectivity index (χ3v) is 3.30. The fourth-order valence-electron chi connectivity index (χ4n) is 2.14. The summed E-state index contributed by atoms with van der Waals surface area (Å²) in [5.41, 5.74) is 2.42. The van der Waals surface area contributed by atoms with E-state index < -0.39 is 5.91 Å². The number of rotatable bonds is 10. The molecule has 0 fully saturated rings. The Bertz CT molecular complexity index is 503. The average Bonchev–Trinajstić information content (AvgIpc) is 2.53. The van der Waals surface area contributed by atoms with Gasteiger partial charge in [-0.3, -0.25) is 19.7 Å². The molecule has 0 aromatic heterocycles. The van der Waals surface area contributed by atoms with E-state index >= 15 is 0 Å². The van der Waals surface area contributed by atoms with E-state index in [2.05, 4.69) is 16.7 Å². The van der Waals surface area contributed by atoms with Gasteiger partial charge in [0.25, 0.3) is 0 Å². The average molecular weight is 305 g/mol. The zero-order valence-electron chi connectivity index (χ0n) is 12.9. The predicted octanol–water partition coefficient (Wildman–Crippen LogP) is 1.22. The zero-order valence-corrected chi connectivity index (χ0v) is 12.9. The van der Waals surface area contributed by atoms with Gasteiger partial charge < -0.3 is 10.6 Å². The van der Waals surface area contributed by atoms with Crippen molar-refractivity contribution in [3.63, 3.8) is 0 Å². The maximum Gasteiger partial charge on any atom is 0.245 e. The maximum atomic E-state index is 11.5. The Kier molecular flexibility index (Phi) is 8.33. The molecule has 6 nitrogen and oxygen atoms in total. The summed E-state index contributed by atoms with van der Waals surface area (Å²) in [4.78, 5) is 32.5. The summed E-state index contributed by atoms with van der Waals surface area (Å²) in [5.74, 6) is -0.677. The summed E-state index contributed by atoms with van der Waals surface area (Å²) in [6, 6.07) is 8.17. The van der Waals surface area contributed by atoms with Gasteiger partial charge in [-0.25, -0.2) is 0 Å². The van der Waals surface area contributed by atoms with Gasteiger partial charge in [0.1, 0.15) is 0 Å². The lowest BCUT2D eigenvalue weighted by atomic mass is 10.0. The molecule has 0 aliphatic heterocycles. The van der Waals surface area contributed by atoms with Crippen molar-refractivity contribution in [1.29, 1.82) is 0 Å². The van der Waals surface area contributed by atoms with Crippen LogP contribution in [0, 0.1) is 0 Å². The van der Waals surface area contributed by atoms with Crippen LogP contribution in [-0.2, 0) is 20.8 Å². The lowest BCUT2D eigenvalue weighted by Crippen LogP contribution is -2.36. The first kappa shape index (κ1) is 17.7. The van der Waals surface area contributed by atoms with Crippen LogP contribution < -0.4 is 16.0 Å². The number of carbonyl (C=O) groups excluding carboxylic acids is 3. The molecule has 0 saturated carbocycles. The molecule has 0 bridgehead atoms. The summed E-state index contributed by atoms with van der Waals surface area (Å²) in [6.45, 7) is -0.160. The van der Waals surface area contributed by atoms with Crippen LogP contribution in [0.5, 0.6) is 0 Å². The van der Waals surface area contributed by atoms with Crippen LogP contribution in [0.4, 0.5) is 5.69 Å². The molecule has 6 heteroatoms. The second-order valence-electron chi connectivity index (χ2n) is 4.93. The Balaban J connectivity index is 2.13. The summed E-state index contributed by atoms with van der Waals surface area (Å²) in [5, 5.41) is 7.61. The van der Waals surface area contributed by atoms with Crippen LogP contribution in [0.3, 0.4) is 0 Å². The number of aryl methyl sites for hydroxylation is 1. The Hall–Kier alpha value is -2.37. The topological polar surface area (TPSA) is 87.3 Å². The summed E-state index contributed by atoms with van der Waals surface area (Å²) >= 11 is 0. The number of hydrogen-bond donors (Lipinski definition) is 3. The van der Waals surface area contributed by atoms with E-state index in [4.69, 9.17) is 0 Å². The Morgan fingerprint density at radius 3 is 2.59 bits per heavy atom. The standard InChI is InChI=1S/C16H23N3O3/c1-17-14-9-6-5-8-13(14)7-3-2-4-10-15(21)18-11-16(22)19-12-20/h5-6,8-9,12,17H,2-4,7,10-11H2,1H3,(H,18,21)(H,19,20,22). The highest BCUT2D eigenvalue weighted by Crippen LogP contribution is 2.17. The van der Waals surface area contributed by atoms with Crippen molar-refractivity contribution in [2.75, 3.05) is 18.9 Å². The molecular formula is C16H23N3O3. The first-order valence-corrected chi connectivity index (χ1v) is 7.42. The quantitative estimate of drug-likeness (QED) is 0.448. The van der Waals surface area contributed by atoms with Gasteiger partial charge in [0.05, 0.1) is 6.54 Å². The molecule has 0 heterocycles. The van der Waals surface area contributed by atoms with E-state index in [9.17, 15) is 14.4 Å². The van der Waals surface area contributed by atoms with Crippen LogP contribution >= 0.6 is 0 Å². The van der Waals surface area contributed by atoms with Gasteiger partial charge in [-0.2, -0.15) is 0 Å². The van der Waals surface area contributed by atoms with Crippen LogP contribution in [0.2, 0.25) is 0 Å². The number of unbranched alkanes of at least 4 members (excludes halogenated alkanes) is 2. The van der Waals surface area contributed by atoms with Gasteiger partial charge in [0, 0.05) is 19.2 Å². The first-order valence-electron chi connectivity index (χ1n) is 7.42. The Morgan fingerprint density at radius 2 is 1.86 bits per heavy atom. The van der Waals surface area contributed by atoms with Crippen molar-refractivity contribution in [2.24, 2.45) is 0 Å². The van der Waals surface area contributed by atoms with Crippen LogP contribution in [-0.4, -0.2) is 31.8 Å². The summed E-state index contributed by atoms with van der Waals surface area (Å²) in [7, 11) is 1.91. The number of para-hydroxylation sites is 1. The van der Waals surface area contributed by atoms with Crippen LogP contribution in [0.1, 0.15) is 31.2 Å². The van der Waals surface area contributed by atoms with Crippen LogP contribution in [0.15, 0.2) is 24.3 Å². The molecule has 0 radical (unpaired) electrons. The third-order valence-electron chi connectivity index (χ3n) is 3.30. The maximum absolute atomic E-state index is 11.5. The third kappa shape index (κ3) is 6.88. The first-order chi connectivity index (χ1) is 10.7. The van der Waals surface area contributed by atoms with Crippen molar-refractivity contribution in [1.82, 2.24) is 10.6 Å². The van der Waals surface area contributed by atoms with Crippen LogP contribution in [0.25, 0.3) is 0 Å². The fraction of sp³-hybridized carbons (Fsp3) is 0.438. The molecule has 1 rings (SSSR count). The number of benzene rings is 1. The molecule has 0 aliphatic carbocycles. The molecule has 120 valence electrons. The van der Waals surface area contributed by atoms with E-state index in [0.717, 1.165) is 31.4 Å². The largest absolute Gasteiger partial charge is 0.388 e. The second-order valence-corrected chi connectivity index (χ2v) is 4.93. The number of carbonyl (C=O) groups is 3. The second kappa shape index (κ2) is 10.4. The van der Waals surface area contributed by atoms with Gasteiger partial charge in [0.15, 0.2) is 0 Å². The Labute approximate surface area is 130 Å². The molecule has 0 atom stereocenters. The fourth-order valence-corrected chi connectivity index (χ4v) is 2.14. The van der Waals surface area contributed by atoms with Crippen molar-refractivity contribution in [2.45, 2.75) is 32.1 Å². The van der Waals surface area contributed by atoms with Crippen molar-refractivity contribution < 1.29 is 14.4 Å². The predicted molar refractivity (Wildman–Crippen MR) is 85.4 cm³/mol. The lowest BCUT2D eigenvalue weighted by Gasteiger charge is -2.08. The smallest absolute Gasteiger partial charge is 0.245 e. The number of imide groups is 1. The Morgan fingerprint density at radius 1 is 1.09 bits per heavy atom. The monoisotopic (exact) mass is 305 g/mol. The highest BCUT2D eigenvalue weighted by molar-refractivity contribution is 5.90.